The third kappa shape index (κ3) is 3.10. The van der Waals surface area contributed by atoms with E-state index in [9.17, 15) is 9.90 Å². The van der Waals surface area contributed by atoms with Gasteiger partial charge < -0.3 is 20.6 Å². The Balaban J connectivity index is 2.54. The maximum Gasteiger partial charge on any atom is 0.355 e. The molecule has 0 spiro atoms. The SMILES string of the molecule is COC(=O)/C(N)=C/N(N)C1CCC(O)C1. The molecule has 15 heavy (non-hydrogen) atoms. The van der Waals surface area contributed by atoms with Crippen molar-refractivity contribution < 1.29 is 14.6 Å². The number of carbonyl (C=O) groups excluding carboxylic acids is 1. The second kappa shape index (κ2) is 4.99. The molecule has 2 unspecified atom stereocenters. The molecule has 5 N–H and O–H groups in total. The molecule has 1 aliphatic carbocycles. The third-order valence-corrected chi connectivity index (χ3v) is 2.51. The van der Waals surface area contributed by atoms with Gasteiger partial charge in [-0.1, -0.05) is 0 Å². The number of ether oxygens (including phenoxy) is 1. The van der Waals surface area contributed by atoms with E-state index in [2.05, 4.69) is 4.74 Å². The second-order valence-corrected chi connectivity index (χ2v) is 3.64. The highest BCUT2D eigenvalue weighted by Gasteiger charge is 2.25. The predicted octanol–water partition coefficient (Wildman–Crippen LogP) is -0.951. The number of aliphatic hydroxyl groups excluding tert-OH is 1. The summed E-state index contributed by atoms with van der Waals surface area (Å²) in [5, 5.41) is 10.7. The molecule has 1 fully saturated rings. The lowest BCUT2D eigenvalue weighted by atomic mass is 10.2. The van der Waals surface area contributed by atoms with Crippen LogP contribution >= 0.6 is 0 Å². The lowest BCUT2D eigenvalue weighted by Gasteiger charge is -2.21. The molecule has 0 aromatic rings. The number of nitrogens with zero attached hydrogens (tertiary/aromatic N) is 1. The van der Waals surface area contributed by atoms with E-state index in [1.54, 1.807) is 0 Å². The zero-order valence-electron chi connectivity index (χ0n) is 8.72. The first-order valence-corrected chi connectivity index (χ1v) is 4.81. The Hall–Kier alpha value is -1.27. The van der Waals surface area contributed by atoms with Gasteiger partial charge in [-0.15, -0.1) is 0 Å². The summed E-state index contributed by atoms with van der Waals surface area (Å²) in [6.45, 7) is 0. The van der Waals surface area contributed by atoms with E-state index in [1.807, 2.05) is 0 Å². The van der Waals surface area contributed by atoms with Gasteiger partial charge >= 0.3 is 5.97 Å². The Labute approximate surface area is 88.4 Å². The fourth-order valence-electron chi connectivity index (χ4n) is 1.64. The van der Waals surface area contributed by atoms with Gasteiger partial charge in [0.25, 0.3) is 0 Å². The molecule has 0 aliphatic heterocycles. The van der Waals surface area contributed by atoms with Crippen LogP contribution in [0, 0.1) is 0 Å². The number of rotatable bonds is 3. The van der Waals surface area contributed by atoms with E-state index in [-0.39, 0.29) is 17.8 Å². The Kier molecular flexibility index (Phi) is 3.93. The molecule has 86 valence electrons. The molecule has 6 nitrogen and oxygen atoms in total. The number of hydrazine groups is 1. The quantitative estimate of drug-likeness (QED) is 0.243. The van der Waals surface area contributed by atoms with Crippen molar-refractivity contribution in [2.45, 2.75) is 31.4 Å². The van der Waals surface area contributed by atoms with Gasteiger partial charge in [0.1, 0.15) is 5.70 Å². The lowest BCUT2D eigenvalue weighted by Crippen LogP contribution is -2.36. The molecule has 0 radical (unpaired) electrons. The summed E-state index contributed by atoms with van der Waals surface area (Å²) in [6.07, 6.45) is 3.15. The van der Waals surface area contributed by atoms with E-state index >= 15 is 0 Å². The fraction of sp³-hybridized carbons (Fsp3) is 0.667. The van der Waals surface area contributed by atoms with E-state index < -0.39 is 5.97 Å². The summed E-state index contributed by atoms with van der Waals surface area (Å²) in [5.74, 6) is 5.09. The van der Waals surface area contributed by atoms with Gasteiger partial charge in [-0.3, -0.25) is 0 Å². The summed E-state index contributed by atoms with van der Waals surface area (Å²) in [4.78, 5) is 11.0. The summed E-state index contributed by atoms with van der Waals surface area (Å²) < 4.78 is 4.43. The molecule has 1 saturated carbocycles. The zero-order chi connectivity index (χ0) is 11.4. The average molecular weight is 215 g/mol. The van der Waals surface area contributed by atoms with E-state index in [0.29, 0.717) is 6.42 Å². The summed E-state index contributed by atoms with van der Waals surface area (Å²) in [5.41, 5.74) is 5.39. The molecule has 6 heteroatoms. The Bertz CT molecular complexity index is 267. The number of methoxy groups -OCH3 is 1. The molecule has 0 saturated heterocycles. The van der Waals surface area contributed by atoms with Crippen LogP contribution in [0.15, 0.2) is 11.9 Å². The number of hydrogen-bond donors (Lipinski definition) is 3. The summed E-state index contributed by atoms with van der Waals surface area (Å²) in [7, 11) is 1.25. The number of nitrogens with two attached hydrogens (primary N) is 2. The standard InChI is InChI=1S/C9H17N3O3/c1-15-9(14)8(10)5-12(11)6-2-3-7(13)4-6/h5-7,13H,2-4,10-11H2,1H3/b8-5-. The van der Waals surface area contributed by atoms with Gasteiger partial charge in [0.2, 0.25) is 0 Å². The van der Waals surface area contributed by atoms with Crippen LogP contribution in [0.3, 0.4) is 0 Å². The van der Waals surface area contributed by atoms with Crippen molar-refractivity contribution >= 4 is 5.97 Å². The van der Waals surface area contributed by atoms with Crippen LogP contribution in [0.5, 0.6) is 0 Å². The maximum atomic E-state index is 11.0. The maximum absolute atomic E-state index is 11.0. The van der Waals surface area contributed by atoms with Crippen LogP contribution in [0.25, 0.3) is 0 Å². The molecule has 0 amide bonds. The number of aliphatic hydroxyl groups is 1. The van der Waals surface area contributed by atoms with Gasteiger partial charge in [-0.2, -0.15) is 0 Å². The first-order chi connectivity index (χ1) is 7.04. The summed E-state index contributed by atoms with van der Waals surface area (Å²) in [6, 6.07) is 0.0307. The zero-order valence-corrected chi connectivity index (χ0v) is 8.72. The minimum absolute atomic E-state index is 0.0307. The van der Waals surface area contributed by atoms with Gasteiger partial charge in [0.05, 0.1) is 13.2 Å². The van der Waals surface area contributed by atoms with Crippen LogP contribution in [0.2, 0.25) is 0 Å². The van der Waals surface area contributed by atoms with Crippen molar-refractivity contribution in [2.75, 3.05) is 7.11 Å². The van der Waals surface area contributed by atoms with Crippen LogP contribution in [-0.4, -0.2) is 35.3 Å². The molecule has 0 heterocycles. The van der Waals surface area contributed by atoms with E-state index in [1.165, 1.54) is 18.3 Å². The normalized spacial score (nSPS) is 26.5. The van der Waals surface area contributed by atoms with Crippen LogP contribution in [0.1, 0.15) is 19.3 Å². The van der Waals surface area contributed by atoms with Crippen LogP contribution in [0.4, 0.5) is 0 Å². The highest BCUT2D eigenvalue weighted by Crippen LogP contribution is 2.22. The molecular weight excluding hydrogens is 198 g/mol. The van der Waals surface area contributed by atoms with Gasteiger partial charge in [-0.05, 0) is 19.3 Å². The van der Waals surface area contributed by atoms with Crippen molar-refractivity contribution in [2.24, 2.45) is 11.6 Å². The highest BCUT2D eigenvalue weighted by atomic mass is 16.5. The third-order valence-electron chi connectivity index (χ3n) is 2.51. The molecular formula is C9H17N3O3. The summed E-state index contributed by atoms with van der Waals surface area (Å²) >= 11 is 0. The first-order valence-electron chi connectivity index (χ1n) is 4.81. The Morgan fingerprint density at radius 1 is 1.60 bits per heavy atom. The van der Waals surface area contributed by atoms with Crippen LogP contribution < -0.4 is 11.6 Å². The van der Waals surface area contributed by atoms with Crippen molar-refractivity contribution in [1.29, 1.82) is 0 Å². The predicted molar refractivity (Wildman–Crippen MR) is 54.0 cm³/mol. The van der Waals surface area contributed by atoms with Gasteiger partial charge in [0, 0.05) is 12.2 Å². The largest absolute Gasteiger partial charge is 0.464 e. The fourth-order valence-corrected chi connectivity index (χ4v) is 1.64. The van der Waals surface area contributed by atoms with Crippen LogP contribution in [-0.2, 0) is 9.53 Å². The molecule has 1 rings (SSSR count). The minimum atomic E-state index is -0.607. The van der Waals surface area contributed by atoms with Crippen molar-refractivity contribution in [3.8, 4) is 0 Å². The Morgan fingerprint density at radius 2 is 2.27 bits per heavy atom. The average Bonchev–Trinajstić information content (AvgIpc) is 2.63. The molecule has 2 atom stereocenters. The highest BCUT2D eigenvalue weighted by molar-refractivity contribution is 5.86. The number of hydrogen-bond acceptors (Lipinski definition) is 6. The lowest BCUT2D eigenvalue weighted by molar-refractivity contribution is -0.136. The van der Waals surface area contributed by atoms with E-state index in [0.717, 1.165) is 12.8 Å². The molecule has 0 bridgehead atoms. The van der Waals surface area contributed by atoms with Crippen molar-refractivity contribution in [1.82, 2.24) is 5.01 Å². The van der Waals surface area contributed by atoms with Crippen molar-refractivity contribution in [3.05, 3.63) is 11.9 Å². The van der Waals surface area contributed by atoms with Gasteiger partial charge in [-0.25, -0.2) is 10.6 Å². The number of esters is 1. The smallest absolute Gasteiger partial charge is 0.355 e. The molecule has 0 aromatic carbocycles. The Morgan fingerprint density at radius 3 is 2.73 bits per heavy atom. The monoisotopic (exact) mass is 215 g/mol. The van der Waals surface area contributed by atoms with Crippen molar-refractivity contribution in [3.63, 3.8) is 0 Å². The van der Waals surface area contributed by atoms with E-state index in [4.69, 9.17) is 11.6 Å². The minimum Gasteiger partial charge on any atom is -0.464 e. The topological polar surface area (TPSA) is 102 Å². The second-order valence-electron chi connectivity index (χ2n) is 3.64. The molecule has 0 aromatic heterocycles. The first kappa shape index (κ1) is 11.8. The number of carbonyl (C=O) groups is 1. The molecule has 1 aliphatic rings. The van der Waals surface area contributed by atoms with Gasteiger partial charge in [0.15, 0.2) is 0 Å².